The lowest BCUT2D eigenvalue weighted by Gasteiger charge is -2.42. The average Bonchev–Trinajstić information content (AvgIpc) is 3.40. The quantitative estimate of drug-likeness (QED) is 0.0171. The van der Waals surface area contributed by atoms with E-state index in [9.17, 15) is 45.3 Å². The first kappa shape index (κ1) is 68.6. The molecule has 2 heterocycles. The van der Waals surface area contributed by atoms with Crippen molar-refractivity contribution in [1.29, 1.82) is 0 Å². The van der Waals surface area contributed by atoms with Crippen molar-refractivity contribution >= 4 is 11.9 Å². The number of unbranched alkanes of at least 4 members (excludes halogenated alkanes) is 25. The Bertz CT molecular complexity index is 1490. The van der Waals surface area contributed by atoms with Gasteiger partial charge in [-0.3, -0.25) is 9.59 Å². The highest BCUT2D eigenvalue weighted by molar-refractivity contribution is 5.70. The first-order chi connectivity index (χ1) is 36.5. The van der Waals surface area contributed by atoms with E-state index in [0.29, 0.717) is 12.8 Å². The van der Waals surface area contributed by atoms with E-state index < -0.39 is 92.7 Å². The second-order valence-electron chi connectivity index (χ2n) is 20.8. The number of ether oxygens (including phenoxy) is 6. The molecule has 2 rings (SSSR count). The van der Waals surface area contributed by atoms with E-state index >= 15 is 0 Å². The molecule has 436 valence electrons. The van der Waals surface area contributed by atoms with Gasteiger partial charge in [-0.1, -0.05) is 210 Å². The molecule has 7 N–H and O–H groups in total. The maximum atomic E-state index is 13.1. The van der Waals surface area contributed by atoms with Crippen LogP contribution in [0.2, 0.25) is 0 Å². The zero-order valence-corrected chi connectivity index (χ0v) is 46.5. The standard InChI is InChI=1S/C60H106O15/c1-3-5-7-9-11-13-15-17-19-21-23-25-26-28-30-32-34-36-38-40-42-51(62)70-45-48(73-52(63)43-41-39-37-35-33-31-29-27-24-22-20-18-16-14-12-10-8-6-4-2)46-71-59-58(69)56(67)54(65)50(75-59)47-72-60-57(68)55(66)53(64)49(44-61)74-60/h6,8,12,14,18,20,24,27,48-50,53-61,64-69H,3-5,7,9-11,13,15-17,19,21-23,25-26,28-47H2,1-2H3/b8-6-,14-12-,20-18-,27-24-. The molecule has 2 saturated heterocycles. The summed E-state index contributed by atoms with van der Waals surface area (Å²) in [6.45, 7) is 2.50. The van der Waals surface area contributed by atoms with Gasteiger partial charge in [0.25, 0.3) is 0 Å². The molecule has 0 aliphatic carbocycles. The summed E-state index contributed by atoms with van der Waals surface area (Å²) in [5.74, 6) is -0.933. The SMILES string of the molecule is CC/C=C\C/C=C\C/C=C\C/C=C\CCCCCCCCC(=O)OC(COC(=O)CCCCCCCCCCCCCCCCCCCCCC)COC1OC(COC2OC(CO)C(O)C(O)C2O)C(O)C(O)C1O. The summed E-state index contributed by atoms with van der Waals surface area (Å²) in [4.78, 5) is 25.9. The Morgan fingerprint density at radius 1 is 0.440 bits per heavy atom. The second-order valence-corrected chi connectivity index (χ2v) is 20.8. The predicted octanol–water partition coefficient (Wildman–Crippen LogP) is 10.2. The molecule has 0 spiro atoms. The highest BCUT2D eigenvalue weighted by Crippen LogP contribution is 2.27. The minimum Gasteiger partial charge on any atom is -0.462 e. The van der Waals surface area contributed by atoms with Gasteiger partial charge in [0, 0.05) is 12.8 Å². The Balaban J connectivity index is 1.75. The molecule has 0 amide bonds. The maximum Gasteiger partial charge on any atom is 0.306 e. The van der Waals surface area contributed by atoms with E-state index in [4.69, 9.17) is 28.4 Å². The maximum absolute atomic E-state index is 13.1. The van der Waals surface area contributed by atoms with Crippen LogP contribution in [0.5, 0.6) is 0 Å². The largest absolute Gasteiger partial charge is 0.462 e. The van der Waals surface area contributed by atoms with Crippen molar-refractivity contribution in [3.63, 3.8) is 0 Å². The smallest absolute Gasteiger partial charge is 0.306 e. The molecular weight excluding hydrogens is 961 g/mol. The van der Waals surface area contributed by atoms with Crippen LogP contribution in [0.25, 0.3) is 0 Å². The van der Waals surface area contributed by atoms with Crippen LogP contribution in [-0.2, 0) is 38.0 Å². The van der Waals surface area contributed by atoms with E-state index in [0.717, 1.165) is 83.5 Å². The van der Waals surface area contributed by atoms with Crippen molar-refractivity contribution in [2.24, 2.45) is 0 Å². The molecule has 2 fully saturated rings. The molecule has 0 aromatic carbocycles. The number of allylic oxidation sites excluding steroid dienone is 8. The van der Waals surface area contributed by atoms with E-state index in [1.54, 1.807) is 0 Å². The van der Waals surface area contributed by atoms with Gasteiger partial charge >= 0.3 is 11.9 Å². The molecule has 2 aliphatic heterocycles. The monoisotopic (exact) mass is 1070 g/mol. The fourth-order valence-corrected chi connectivity index (χ4v) is 9.27. The number of esters is 2. The van der Waals surface area contributed by atoms with Crippen molar-refractivity contribution in [2.75, 3.05) is 26.4 Å². The molecule has 75 heavy (non-hydrogen) atoms. The Morgan fingerprint density at radius 2 is 0.840 bits per heavy atom. The van der Waals surface area contributed by atoms with Gasteiger partial charge < -0.3 is 64.2 Å². The third-order valence-corrected chi connectivity index (χ3v) is 14.1. The number of aliphatic hydroxyl groups excluding tert-OH is 7. The third-order valence-electron chi connectivity index (χ3n) is 14.1. The Labute approximate surface area is 452 Å². The van der Waals surface area contributed by atoms with Gasteiger partial charge in [-0.15, -0.1) is 0 Å². The summed E-state index contributed by atoms with van der Waals surface area (Å²) in [6.07, 6.45) is 37.0. The van der Waals surface area contributed by atoms with Crippen LogP contribution in [0.15, 0.2) is 48.6 Å². The summed E-state index contributed by atoms with van der Waals surface area (Å²) in [5, 5.41) is 72.3. The summed E-state index contributed by atoms with van der Waals surface area (Å²) in [7, 11) is 0. The molecular formula is C60H106O15. The van der Waals surface area contributed by atoms with Gasteiger partial charge in [0.2, 0.25) is 0 Å². The zero-order chi connectivity index (χ0) is 54.6. The minimum absolute atomic E-state index is 0.149. The van der Waals surface area contributed by atoms with Crippen molar-refractivity contribution in [3.8, 4) is 0 Å². The fraction of sp³-hybridized carbons (Fsp3) is 0.833. The lowest BCUT2D eigenvalue weighted by atomic mass is 9.98. The van der Waals surface area contributed by atoms with Gasteiger partial charge in [0.15, 0.2) is 18.7 Å². The van der Waals surface area contributed by atoms with Crippen LogP contribution < -0.4 is 0 Å². The number of aliphatic hydroxyl groups is 7. The molecule has 15 heteroatoms. The molecule has 2 aliphatic rings. The van der Waals surface area contributed by atoms with Crippen LogP contribution in [0.3, 0.4) is 0 Å². The zero-order valence-electron chi connectivity index (χ0n) is 46.5. The first-order valence-electron chi connectivity index (χ1n) is 29.7. The third kappa shape index (κ3) is 33.5. The lowest BCUT2D eigenvalue weighted by Crippen LogP contribution is -2.61. The van der Waals surface area contributed by atoms with Gasteiger partial charge in [0.1, 0.15) is 55.4 Å². The Hall–Kier alpha value is -2.54. The number of rotatable bonds is 47. The number of hydrogen-bond donors (Lipinski definition) is 7. The molecule has 0 aromatic rings. The predicted molar refractivity (Wildman–Crippen MR) is 293 cm³/mol. The molecule has 11 atom stereocenters. The summed E-state index contributed by atoms with van der Waals surface area (Å²) in [6, 6.07) is 0. The van der Waals surface area contributed by atoms with Crippen molar-refractivity contribution in [2.45, 2.75) is 293 Å². The van der Waals surface area contributed by atoms with E-state index in [2.05, 4.69) is 62.5 Å². The fourth-order valence-electron chi connectivity index (χ4n) is 9.27. The Morgan fingerprint density at radius 3 is 1.32 bits per heavy atom. The summed E-state index contributed by atoms with van der Waals surface area (Å²) in [5.41, 5.74) is 0. The van der Waals surface area contributed by atoms with E-state index in [1.807, 2.05) is 0 Å². The molecule has 15 nitrogen and oxygen atoms in total. The van der Waals surface area contributed by atoms with Crippen LogP contribution in [0, 0.1) is 0 Å². The van der Waals surface area contributed by atoms with Crippen molar-refractivity contribution in [1.82, 2.24) is 0 Å². The molecule has 0 radical (unpaired) electrons. The molecule has 11 unspecified atom stereocenters. The van der Waals surface area contributed by atoms with Crippen LogP contribution in [-0.4, -0.2) is 142 Å². The van der Waals surface area contributed by atoms with Crippen LogP contribution in [0.4, 0.5) is 0 Å². The normalized spacial score (nSPS) is 24.8. The first-order valence-corrected chi connectivity index (χ1v) is 29.7. The highest BCUT2D eigenvalue weighted by Gasteiger charge is 2.47. The second kappa shape index (κ2) is 46.4. The van der Waals surface area contributed by atoms with Crippen molar-refractivity contribution < 1.29 is 73.8 Å². The summed E-state index contributed by atoms with van der Waals surface area (Å²) < 4.78 is 33.7. The number of carbonyl (C=O) groups is 2. The lowest BCUT2D eigenvalue weighted by molar-refractivity contribution is -0.332. The van der Waals surface area contributed by atoms with Crippen LogP contribution >= 0.6 is 0 Å². The van der Waals surface area contributed by atoms with Gasteiger partial charge in [-0.2, -0.15) is 0 Å². The molecule has 0 bridgehead atoms. The number of hydrogen-bond acceptors (Lipinski definition) is 15. The highest BCUT2D eigenvalue weighted by atomic mass is 16.7. The summed E-state index contributed by atoms with van der Waals surface area (Å²) >= 11 is 0. The average molecular weight is 1070 g/mol. The van der Waals surface area contributed by atoms with E-state index in [-0.39, 0.29) is 26.1 Å². The molecule has 0 saturated carbocycles. The minimum atomic E-state index is -1.77. The Kier molecular flexibility index (Phi) is 42.4. The van der Waals surface area contributed by atoms with Gasteiger partial charge in [0.05, 0.1) is 19.8 Å². The molecule has 0 aromatic heterocycles. The van der Waals surface area contributed by atoms with E-state index in [1.165, 1.54) is 103 Å². The topological polar surface area (TPSA) is 231 Å². The van der Waals surface area contributed by atoms with Gasteiger partial charge in [-0.05, 0) is 51.4 Å². The number of carbonyl (C=O) groups excluding carboxylic acids is 2. The van der Waals surface area contributed by atoms with Gasteiger partial charge in [-0.25, -0.2) is 0 Å². The van der Waals surface area contributed by atoms with Crippen molar-refractivity contribution in [3.05, 3.63) is 48.6 Å². The van der Waals surface area contributed by atoms with Crippen LogP contribution in [0.1, 0.15) is 226 Å².